The van der Waals surface area contributed by atoms with Crippen LogP contribution in [0.15, 0.2) is 42.5 Å². The number of alkyl halides is 3. The Hall–Kier alpha value is -1.99. The Balaban J connectivity index is 0.00000264. The molecule has 0 heterocycles. The van der Waals surface area contributed by atoms with Gasteiger partial charge in [0.05, 0.1) is 13.2 Å². The number of benzene rings is 2. The van der Waals surface area contributed by atoms with E-state index in [2.05, 4.69) is 4.74 Å². The van der Waals surface area contributed by atoms with Crippen LogP contribution in [0.5, 0.6) is 11.5 Å². The molecule has 23 heavy (non-hydrogen) atoms. The first-order chi connectivity index (χ1) is 10.3. The third-order valence-corrected chi connectivity index (χ3v) is 3.01. The van der Waals surface area contributed by atoms with Crippen LogP contribution < -0.4 is 15.2 Å². The fourth-order valence-electron chi connectivity index (χ4n) is 1.94. The van der Waals surface area contributed by atoms with E-state index in [1.807, 2.05) is 0 Å². The molecule has 0 aliphatic rings. The topological polar surface area (TPSA) is 44.5 Å². The van der Waals surface area contributed by atoms with Crippen molar-refractivity contribution in [2.75, 3.05) is 7.11 Å². The fraction of sp³-hybridized carbons (Fsp3) is 0.200. The summed E-state index contributed by atoms with van der Waals surface area (Å²) in [5.74, 6) is -0.808. The van der Waals surface area contributed by atoms with Gasteiger partial charge in [0, 0.05) is 0 Å². The highest BCUT2D eigenvalue weighted by Crippen LogP contribution is 2.28. The summed E-state index contributed by atoms with van der Waals surface area (Å²) in [5, 5.41) is 0. The van der Waals surface area contributed by atoms with Crippen LogP contribution in [0, 0.1) is 5.82 Å². The summed E-state index contributed by atoms with van der Waals surface area (Å²) in [4.78, 5) is 0. The van der Waals surface area contributed by atoms with Crippen LogP contribution in [0.2, 0.25) is 0 Å². The predicted molar refractivity (Wildman–Crippen MR) is 79.4 cm³/mol. The molecule has 2 rings (SSSR count). The van der Waals surface area contributed by atoms with E-state index in [0.717, 1.165) is 0 Å². The summed E-state index contributed by atoms with van der Waals surface area (Å²) in [6.45, 7) is 0. The molecule has 0 aliphatic heterocycles. The van der Waals surface area contributed by atoms with Crippen molar-refractivity contribution in [1.29, 1.82) is 0 Å². The Kier molecular flexibility index (Phi) is 6.23. The summed E-state index contributed by atoms with van der Waals surface area (Å²) in [6.07, 6.45) is -4.74. The molecule has 3 nitrogen and oxygen atoms in total. The van der Waals surface area contributed by atoms with Crippen LogP contribution in [0.4, 0.5) is 17.6 Å². The molecule has 0 saturated carbocycles. The first kappa shape index (κ1) is 19.1. The second-order valence-corrected chi connectivity index (χ2v) is 4.49. The van der Waals surface area contributed by atoms with E-state index in [4.69, 9.17) is 10.5 Å². The van der Waals surface area contributed by atoms with Gasteiger partial charge in [-0.1, -0.05) is 18.2 Å². The van der Waals surface area contributed by atoms with Gasteiger partial charge < -0.3 is 15.2 Å². The molecule has 0 aliphatic carbocycles. The van der Waals surface area contributed by atoms with E-state index in [9.17, 15) is 17.6 Å². The van der Waals surface area contributed by atoms with Gasteiger partial charge in [0.1, 0.15) is 5.75 Å². The van der Waals surface area contributed by atoms with Gasteiger partial charge in [0.15, 0.2) is 11.6 Å². The lowest BCUT2D eigenvalue weighted by Gasteiger charge is -2.15. The Morgan fingerprint density at radius 3 is 2.09 bits per heavy atom. The van der Waals surface area contributed by atoms with Crippen LogP contribution in [-0.2, 0) is 0 Å². The van der Waals surface area contributed by atoms with Gasteiger partial charge in [-0.15, -0.1) is 25.6 Å². The number of nitrogens with two attached hydrogens (primary N) is 1. The fourth-order valence-corrected chi connectivity index (χ4v) is 1.94. The lowest BCUT2D eigenvalue weighted by Crippen LogP contribution is -2.17. The molecule has 0 amide bonds. The van der Waals surface area contributed by atoms with E-state index in [0.29, 0.717) is 11.1 Å². The lowest BCUT2D eigenvalue weighted by atomic mass is 9.99. The van der Waals surface area contributed by atoms with Crippen LogP contribution in [0.3, 0.4) is 0 Å². The average molecular weight is 352 g/mol. The summed E-state index contributed by atoms with van der Waals surface area (Å²) >= 11 is 0. The Bertz CT molecular complexity index is 647. The highest BCUT2D eigenvalue weighted by Gasteiger charge is 2.31. The molecule has 2 N–H and O–H groups in total. The van der Waals surface area contributed by atoms with Gasteiger partial charge in [-0.05, 0) is 35.4 Å². The highest BCUT2D eigenvalue weighted by molar-refractivity contribution is 5.85. The first-order valence-corrected chi connectivity index (χ1v) is 6.25. The minimum absolute atomic E-state index is 0. The summed E-state index contributed by atoms with van der Waals surface area (Å²) in [6, 6.07) is 8.70. The molecule has 126 valence electrons. The van der Waals surface area contributed by atoms with Crippen LogP contribution in [0.25, 0.3) is 0 Å². The summed E-state index contributed by atoms with van der Waals surface area (Å²) < 4.78 is 58.3. The second-order valence-electron chi connectivity index (χ2n) is 4.49. The quantitative estimate of drug-likeness (QED) is 0.839. The predicted octanol–water partition coefficient (Wildman–Crippen LogP) is 4.20. The number of hydrogen-bond acceptors (Lipinski definition) is 3. The number of hydrogen-bond donors (Lipinski definition) is 1. The third kappa shape index (κ3) is 5.01. The minimum atomic E-state index is -4.74. The maximum atomic E-state index is 13.4. The van der Waals surface area contributed by atoms with Crippen molar-refractivity contribution in [1.82, 2.24) is 0 Å². The van der Waals surface area contributed by atoms with Crippen molar-refractivity contribution < 1.29 is 27.0 Å². The van der Waals surface area contributed by atoms with Gasteiger partial charge in [0.2, 0.25) is 0 Å². The molecule has 0 spiro atoms. The van der Waals surface area contributed by atoms with E-state index >= 15 is 0 Å². The molecule has 0 radical (unpaired) electrons. The van der Waals surface area contributed by atoms with Gasteiger partial charge in [-0.25, -0.2) is 4.39 Å². The highest BCUT2D eigenvalue weighted by atomic mass is 35.5. The van der Waals surface area contributed by atoms with Crippen LogP contribution >= 0.6 is 12.4 Å². The number of methoxy groups -OCH3 is 1. The largest absolute Gasteiger partial charge is 0.573 e. The Morgan fingerprint density at radius 2 is 1.57 bits per heavy atom. The molecule has 1 atom stereocenters. The van der Waals surface area contributed by atoms with Crippen LogP contribution in [-0.4, -0.2) is 13.5 Å². The first-order valence-electron chi connectivity index (χ1n) is 6.25. The van der Waals surface area contributed by atoms with Crippen molar-refractivity contribution in [2.45, 2.75) is 12.4 Å². The molecule has 0 aromatic heterocycles. The normalized spacial score (nSPS) is 12.3. The molecular weight excluding hydrogens is 338 g/mol. The second kappa shape index (κ2) is 7.52. The molecule has 2 aromatic rings. The summed E-state index contributed by atoms with van der Waals surface area (Å²) in [5.41, 5.74) is 7.16. The maximum Gasteiger partial charge on any atom is 0.573 e. The Labute approximate surface area is 136 Å². The Morgan fingerprint density at radius 1 is 1.00 bits per heavy atom. The number of rotatable bonds is 4. The van der Waals surface area contributed by atoms with E-state index in [-0.39, 0.29) is 23.9 Å². The van der Waals surface area contributed by atoms with E-state index < -0.39 is 18.2 Å². The third-order valence-electron chi connectivity index (χ3n) is 3.01. The van der Waals surface area contributed by atoms with E-state index in [1.54, 1.807) is 0 Å². The minimum Gasteiger partial charge on any atom is -0.494 e. The molecule has 0 unspecified atom stereocenters. The van der Waals surface area contributed by atoms with Crippen molar-refractivity contribution in [2.24, 2.45) is 5.73 Å². The van der Waals surface area contributed by atoms with E-state index in [1.165, 1.54) is 49.6 Å². The zero-order valence-electron chi connectivity index (χ0n) is 11.9. The molecule has 0 bridgehead atoms. The van der Waals surface area contributed by atoms with Gasteiger partial charge >= 0.3 is 6.36 Å². The SMILES string of the molecule is COc1cc([C@@H](N)c2ccc(OC(F)(F)F)cc2)ccc1F.Cl. The van der Waals surface area contributed by atoms with Crippen molar-refractivity contribution in [3.63, 3.8) is 0 Å². The zero-order chi connectivity index (χ0) is 16.3. The van der Waals surface area contributed by atoms with Gasteiger partial charge in [-0.3, -0.25) is 0 Å². The number of halogens is 5. The lowest BCUT2D eigenvalue weighted by molar-refractivity contribution is -0.274. The molecule has 0 saturated heterocycles. The standard InChI is InChI=1S/C15H13F4NO2.ClH/c1-21-13-8-10(4-7-12(13)16)14(20)9-2-5-11(6-3-9)22-15(17,18)19;/h2-8,14H,20H2,1H3;1H/t14-;/m0./s1. The monoisotopic (exact) mass is 351 g/mol. The van der Waals surface area contributed by atoms with Crippen molar-refractivity contribution in [3.8, 4) is 11.5 Å². The molecule has 8 heteroatoms. The summed E-state index contributed by atoms with van der Waals surface area (Å²) in [7, 11) is 1.33. The van der Waals surface area contributed by atoms with Gasteiger partial charge in [0.25, 0.3) is 0 Å². The molecular formula is C15H14ClF4NO2. The maximum absolute atomic E-state index is 13.4. The number of ether oxygens (including phenoxy) is 2. The molecule has 2 aromatic carbocycles. The van der Waals surface area contributed by atoms with Crippen molar-refractivity contribution >= 4 is 12.4 Å². The smallest absolute Gasteiger partial charge is 0.494 e. The average Bonchev–Trinajstić information content (AvgIpc) is 2.46. The van der Waals surface area contributed by atoms with Crippen molar-refractivity contribution in [3.05, 3.63) is 59.4 Å². The molecule has 0 fully saturated rings. The van der Waals surface area contributed by atoms with Gasteiger partial charge in [-0.2, -0.15) is 0 Å². The van der Waals surface area contributed by atoms with Crippen LogP contribution in [0.1, 0.15) is 17.2 Å². The zero-order valence-corrected chi connectivity index (χ0v) is 12.7.